The first kappa shape index (κ1) is 12.1. The van der Waals surface area contributed by atoms with Crippen molar-refractivity contribution in [1.82, 2.24) is 9.97 Å². The van der Waals surface area contributed by atoms with Gasteiger partial charge in [-0.1, -0.05) is 29.8 Å². The molecule has 0 spiro atoms. The van der Waals surface area contributed by atoms with Gasteiger partial charge in [0.25, 0.3) is 0 Å². The molecule has 3 nitrogen and oxygen atoms in total. The molecule has 0 saturated heterocycles. The van der Waals surface area contributed by atoms with Gasteiger partial charge in [-0.2, -0.15) is 5.26 Å². The molecule has 1 atom stereocenters. The molecule has 0 radical (unpaired) electrons. The van der Waals surface area contributed by atoms with Crippen LogP contribution in [0.5, 0.6) is 0 Å². The van der Waals surface area contributed by atoms with Gasteiger partial charge in [0.05, 0.1) is 6.07 Å². The third-order valence-electron chi connectivity index (χ3n) is 2.10. The van der Waals surface area contributed by atoms with Crippen molar-refractivity contribution in [2.45, 2.75) is 32.6 Å². The second-order valence-electron chi connectivity index (χ2n) is 3.78. The van der Waals surface area contributed by atoms with E-state index in [2.05, 4.69) is 45.8 Å². The molecule has 0 aliphatic rings. The number of aromatic nitrogens is 2. The van der Waals surface area contributed by atoms with Crippen LogP contribution in [-0.4, -0.2) is 15.3 Å². The summed E-state index contributed by atoms with van der Waals surface area (Å²) in [6, 6.07) is 4.16. The molecule has 0 bridgehead atoms. The lowest BCUT2D eigenvalue weighted by molar-refractivity contribution is 0.762. The van der Waals surface area contributed by atoms with Gasteiger partial charge in [-0.3, -0.25) is 0 Å². The minimum Gasteiger partial charge on any atom is -0.237 e. The fourth-order valence-corrected chi connectivity index (χ4v) is 1.66. The van der Waals surface area contributed by atoms with E-state index >= 15 is 0 Å². The monoisotopic (exact) mass is 267 g/mol. The highest BCUT2D eigenvalue weighted by atomic mass is 79.9. The van der Waals surface area contributed by atoms with E-state index in [0.29, 0.717) is 17.1 Å². The smallest absolute Gasteiger partial charge is 0.146 e. The van der Waals surface area contributed by atoms with E-state index in [1.807, 2.05) is 13.0 Å². The third kappa shape index (κ3) is 3.00. The summed E-state index contributed by atoms with van der Waals surface area (Å²) < 4.78 is 0. The Bertz CT molecular complexity index is 382. The normalized spacial score (nSPS) is 12.5. The molecule has 80 valence electrons. The van der Waals surface area contributed by atoms with Crippen molar-refractivity contribution < 1.29 is 0 Å². The Kier molecular flexibility index (Phi) is 4.22. The maximum Gasteiger partial charge on any atom is 0.146 e. The summed E-state index contributed by atoms with van der Waals surface area (Å²) in [5.41, 5.74) is 1.92. The zero-order chi connectivity index (χ0) is 11.4. The summed E-state index contributed by atoms with van der Waals surface area (Å²) in [7, 11) is 0. The summed E-state index contributed by atoms with van der Waals surface area (Å²) in [4.78, 5) is 8.71. The molecule has 0 saturated carbocycles. The second kappa shape index (κ2) is 5.22. The highest BCUT2D eigenvalue weighted by molar-refractivity contribution is 9.09. The Hall–Kier alpha value is -0.950. The molecular formula is C11H14BrN3. The Morgan fingerprint density at radius 3 is 2.60 bits per heavy atom. The second-order valence-corrected chi connectivity index (χ2v) is 4.43. The van der Waals surface area contributed by atoms with E-state index in [1.165, 1.54) is 0 Å². The third-order valence-corrected chi connectivity index (χ3v) is 2.75. The van der Waals surface area contributed by atoms with Crippen LogP contribution < -0.4 is 0 Å². The molecular weight excluding hydrogens is 254 g/mol. The average molecular weight is 268 g/mol. The zero-order valence-corrected chi connectivity index (χ0v) is 10.7. The van der Waals surface area contributed by atoms with E-state index in [0.717, 1.165) is 11.4 Å². The van der Waals surface area contributed by atoms with Gasteiger partial charge < -0.3 is 0 Å². The van der Waals surface area contributed by atoms with Crippen molar-refractivity contribution in [3.8, 4) is 6.07 Å². The number of aryl methyl sites for hydroxylation is 1. The molecule has 1 aromatic heterocycles. The summed E-state index contributed by atoms with van der Waals surface area (Å²) in [5, 5.41) is 9.51. The van der Waals surface area contributed by atoms with Crippen molar-refractivity contribution in [3.63, 3.8) is 0 Å². The largest absolute Gasteiger partial charge is 0.237 e. The summed E-state index contributed by atoms with van der Waals surface area (Å²) in [6.07, 6.45) is 0. The van der Waals surface area contributed by atoms with Crippen LogP contribution in [0.4, 0.5) is 0 Å². The highest BCUT2D eigenvalue weighted by Gasteiger charge is 2.14. The van der Waals surface area contributed by atoms with E-state index in [1.54, 1.807) is 0 Å². The van der Waals surface area contributed by atoms with E-state index < -0.39 is 0 Å². The Labute approximate surface area is 98.7 Å². The lowest BCUT2D eigenvalue weighted by Crippen LogP contribution is -2.08. The maximum absolute atomic E-state index is 8.94. The van der Waals surface area contributed by atoms with Gasteiger partial charge in [-0.15, -0.1) is 0 Å². The Morgan fingerprint density at radius 1 is 1.47 bits per heavy atom. The van der Waals surface area contributed by atoms with Crippen LogP contribution in [0.3, 0.4) is 0 Å². The van der Waals surface area contributed by atoms with Crippen LogP contribution in [0.2, 0.25) is 0 Å². The fourth-order valence-electron chi connectivity index (χ4n) is 1.23. The molecule has 1 rings (SSSR count). The zero-order valence-electron chi connectivity index (χ0n) is 9.16. The first-order valence-corrected chi connectivity index (χ1v) is 6.01. The number of halogens is 1. The molecule has 1 heterocycles. The quantitative estimate of drug-likeness (QED) is 0.792. The molecule has 0 aliphatic carbocycles. The predicted molar refractivity (Wildman–Crippen MR) is 63.0 cm³/mol. The SMILES string of the molecule is Cc1cc(C(C)C)nc(C(C#N)CBr)n1. The van der Waals surface area contributed by atoms with Crippen LogP contribution in [-0.2, 0) is 0 Å². The lowest BCUT2D eigenvalue weighted by Gasteiger charge is -2.10. The average Bonchev–Trinajstić information content (AvgIpc) is 2.18. The van der Waals surface area contributed by atoms with Gasteiger partial charge in [0, 0.05) is 16.7 Å². The van der Waals surface area contributed by atoms with Gasteiger partial charge in [-0.25, -0.2) is 9.97 Å². The molecule has 0 aliphatic heterocycles. The number of alkyl halides is 1. The number of hydrogen-bond acceptors (Lipinski definition) is 3. The number of nitriles is 1. The molecule has 0 aromatic carbocycles. The minimum atomic E-state index is -0.262. The molecule has 1 unspecified atom stereocenters. The fraction of sp³-hybridized carbons (Fsp3) is 0.545. The van der Waals surface area contributed by atoms with Crippen molar-refractivity contribution >= 4 is 15.9 Å². The van der Waals surface area contributed by atoms with Gasteiger partial charge in [-0.05, 0) is 18.9 Å². The lowest BCUT2D eigenvalue weighted by atomic mass is 10.1. The van der Waals surface area contributed by atoms with Crippen molar-refractivity contribution in [1.29, 1.82) is 5.26 Å². The molecule has 1 aromatic rings. The topological polar surface area (TPSA) is 49.6 Å². The number of rotatable bonds is 3. The summed E-state index contributed by atoms with van der Waals surface area (Å²) in [5.74, 6) is 0.723. The van der Waals surface area contributed by atoms with E-state index in [9.17, 15) is 0 Å². The molecule has 0 fully saturated rings. The summed E-state index contributed by atoms with van der Waals surface area (Å²) >= 11 is 3.30. The molecule has 4 heteroatoms. The first-order chi connectivity index (χ1) is 7.08. The first-order valence-electron chi connectivity index (χ1n) is 4.89. The van der Waals surface area contributed by atoms with Gasteiger partial charge in [0.2, 0.25) is 0 Å². The highest BCUT2D eigenvalue weighted by Crippen LogP contribution is 2.18. The Balaban J connectivity index is 3.14. The Morgan fingerprint density at radius 2 is 2.13 bits per heavy atom. The van der Waals surface area contributed by atoms with Crippen LogP contribution in [0, 0.1) is 18.3 Å². The summed E-state index contributed by atoms with van der Waals surface area (Å²) in [6.45, 7) is 6.10. The molecule has 0 N–H and O–H groups in total. The van der Waals surface area contributed by atoms with Crippen molar-refractivity contribution in [2.75, 3.05) is 5.33 Å². The van der Waals surface area contributed by atoms with Crippen molar-refractivity contribution in [3.05, 3.63) is 23.3 Å². The van der Waals surface area contributed by atoms with Crippen LogP contribution in [0.25, 0.3) is 0 Å². The van der Waals surface area contributed by atoms with Gasteiger partial charge in [0.1, 0.15) is 11.7 Å². The minimum absolute atomic E-state index is 0.262. The standard InChI is InChI=1S/C11H14BrN3/c1-7(2)10-4-8(3)14-11(15-10)9(5-12)6-13/h4,7,9H,5H2,1-3H3. The van der Waals surface area contributed by atoms with Crippen LogP contribution in [0.1, 0.15) is 42.9 Å². The van der Waals surface area contributed by atoms with Crippen LogP contribution >= 0.6 is 15.9 Å². The molecule has 15 heavy (non-hydrogen) atoms. The van der Waals surface area contributed by atoms with Crippen LogP contribution in [0.15, 0.2) is 6.07 Å². The van der Waals surface area contributed by atoms with Gasteiger partial charge in [0.15, 0.2) is 0 Å². The van der Waals surface area contributed by atoms with E-state index in [4.69, 9.17) is 5.26 Å². The predicted octanol–water partition coefficient (Wildman–Crippen LogP) is 2.91. The van der Waals surface area contributed by atoms with Crippen molar-refractivity contribution in [2.24, 2.45) is 0 Å². The molecule has 0 amide bonds. The van der Waals surface area contributed by atoms with E-state index in [-0.39, 0.29) is 5.92 Å². The van der Waals surface area contributed by atoms with Gasteiger partial charge >= 0.3 is 0 Å². The number of nitrogens with zero attached hydrogens (tertiary/aromatic N) is 3. The number of hydrogen-bond donors (Lipinski definition) is 0. The maximum atomic E-state index is 8.94.